The van der Waals surface area contributed by atoms with E-state index in [0.717, 1.165) is 56.4 Å². The number of aryl methyl sites for hydroxylation is 1. The molecule has 1 aromatic carbocycles. The van der Waals surface area contributed by atoms with Gasteiger partial charge in [0.25, 0.3) is 0 Å². The standard InChI is InChI=1S/C18H27N3O3S/c1-2-12-21(15-8-10-19-11-9-15)25(23,24)16-6-7-17-14(13-16)4-3-5-18(22)20-17/h6-7,13,15,19H,2-5,8-12H2,1H3,(H,20,22). The monoisotopic (exact) mass is 365 g/mol. The molecule has 1 aromatic rings. The highest BCUT2D eigenvalue weighted by molar-refractivity contribution is 7.89. The Morgan fingerprint density at radius 1 is 1.20 bits per heavy atom. The second-order valence-electron chi connectivity index (χ2n) is 6.82. The van der Waals surface area contributed by atoms with E-state index in [0.29, 0.717) is 17.9 Å². The van der Waals surface area contributed by atoms with Crippen LogP contribution in [0, 0.1) is 0 Å². The molecule has 0 saturated carbocycles. The number of rotatable bonds is 5. The summed E-state index contributed by atoms with van der Waals surface area (Å²) in [5.41, 5.74) is 1.65. The molecule has 1 saturated heterocycles. The molecule has 6 nitrogen and oxygen atoms in total. The topological polar surface area (TPSA) is 78.5 Å². The van der Waals surface area contributed by atoms with Gasteiger partial charge in [-0.15, -0.1) is 0 Å². The van der Waals surface area contributed by atoms with Crippen molar-refractivity contribution in [2.24, 2.45) is 0 Å². The number of piperidine rings is 1. The normalized spacial score (nSPS) is 19.4. The molecule has 2 aliphatic rings. The second kappa shape index (κ2) is 7.85. The number of nitrogens with one attached hydrogen (secondary N) is 2. The number of carbonyl (C=O) groups excluding carboxylic acids is 1. The van der Waals surface area contributed by atoms with Crippen LogP contribution in [-0.4, -0.2) is 44.3 Å². The van der Waals surface area contributed by atoms with Gasteiger partial charge >= 0.3 is 0 Å². The molecule has 2 aliphatic heterocycles. The number of sulfonamides is 1. The van der Waals surface area contributed by atoms with Crippen LogP contribution in [0.15, 0.2) is 23.1 Å². The molecular formula is C18H27N3O3S. The summed E-state index contributed by atoms with van der Waals surface area (Å²) in [4.78, 5) is 12.0. The number of benzene rings is 1. The largest absolute Gasteiger partial charge is 0.326 e. The van der Waals surface area contributed by atoms with Crippen molar-refractivity contribution < 1.29 is 13.2 Å². The number of nitrogens with zero attached hydrogens (tertiary/aromatic N) is 1. The van der Waals surface area contributed by atoms with Gasteiger partial charge in [-0.2, -0.15) is 4.31 Å². The molecule has 0 aliphatic carbocycles. The maximum atomic E-state index is 13.3. The van der Waals surface area contributed by atoms with Crippen LogP contribution >= 0.6 is 0 Å². The lowest BCUT2D eigenvalue weighted by Gasteiger charge is -2.33. The first-order valence-electron chi connectivity index (χ1n) is 9.17. The van der Waals surface area contributed by atoms with E-state index in [1.54, 1.807) is 22.5 Å². The Hall–Kier alpha value is -1.44. The van der Waals surface area contributed by atoms with Gasteiger partial charge in [0.2, 0.25) is 15.9 Å². The molecule has 1 fully saturated rings. The number of fused-ring (bicyclic) bond motifs is 1. The lowest BCUT2D eigenvalue weighted by atomic mass is 10.1. The second-order valence-corrected chi connectivity index (χ2v) is 8.71. The minimum Gasteiger partial charge on any atom is -0.326 e. The quantitative estimate of drug-likeness (QED) is 0.838. The predicted octanol–water partition coefficient (Wildman–Crippen LogP) is 2.11. The Balaban J connectivity index is 1.92. The van der Waals surface area contributed by atoms with Crippen LogP contribution in [0.3, 0.4) is 0 Å². The van der Waals surface area contributed by atoms with Gasteiger partial charge < -0.3 is 10.6 Å². The fourth-order valence-electron chi connectivity index (χ4n) is 3.66. The first-order chi connectivity index (χ1) is 12.0. The summed E-state index contributed by atoms with van der Waals surface area (Å²) in [6.45, 7) is 4.27. The number of amides is 1. The molecule has 1 amide bonds. The van der Waals surface area contributed by atoms with Crippen molar-refractivity contribution in [3.05, 3.63) is 23.8 Å². The zero-order chi connectivity index (χ0) is 17.9. The summed E-state index contributed by atoms with van der Waals surface area (Å²) in [7, 11) is -3.53. The summed E-state index contributed by atoms with van der Waals surface area (Å²) in [6, 6.07) is 5.17. The van der Waals surface area contributed by atoms with Crippen LogP contribution in [0.4, 0.5) is 5.69 Å². The van der Waals surface area contributed by atoms with Crippen molar-refractivity contribution in [2.75, 3.05) is 25.0 Å². The maximum Gasteiger partial charge on any atom is 0.243 e. The highest BCUT2D eigenvalue weighted by atomic mass is 32.2. The lowest BCUT2D eigenvalue weighted by molar-refractivity contribution is -0.116. The molecule has 0 radical (unpaired) electrons. The first-order valence-corrected chi connectivity index (χ1v) is 10.6. The van der Waals surface area contributed by atoms with Gasteiger partial charge in [0, 0.05) is 24.7 Å². The Labute approximate surface area is 150 Å². The van der Waals surface area contributed by atoms with Gasteiger partial charge in [0.1, 0.15) is 0 Å². The van der Waals surface area contributed by atoms with E-state index in [2.05, 4.69) is 10.6 Å². The number of carbonyl (C=O) groups is 1. The van der Waals surface area contributed by atoms with Gasteiger partial charge in [-0.3, -0.25) is 4.79 Å². The van der Waals surface area contributed by atoms with Crippen LogP contribution in [0.25, 0.3) is 0 Å². The summed E-state index contributed by atoms with van der Waals surface area (Å²) in [6.07, 6.45) is 4.44. The Kier molecular flexibility index (Phi) is 5.76. The molecule has 0 unspecified atom stereocenters. The van der Waals surface area contributed by atoms with Crippen molar-refractivity contribution in [1.29, 1.82) is 0 Å². The van der Waals surface area contributed by atoms with Crippen LogP contribution in [0.5, 0.6) is 0 Å². The summed E-state index contributed by atoms with van der Waals surface area (Å²) < 4.78 is 28.2. The fourth-order valence-corrected chi connectivity index (χ4v) is 5.49. The third kappa shape index (κ3) is 4.04. The summed E-state index contributed by atoms with van der Waals surface area (Å²) in [5, 5.41) is 6.16. The molecule has 0 aromatic heterocycles. The van der Waals surface area contributed by atoms with Crippen LogP contribution in [-0.2, 0) is 21.2 Å². The van der Waals surface area contributed by atoms with Gasteiger partial charge in [-0.1, -0.05) is 6.92 Å². The third-order valence-electron chi connectivity index (χ3n) is 4.97. The number of hydrogen-bond donors (Lipinski definition) is 2. The van der Waals surface area contributed by atoms with Crippen molar-refractivity contribution in [3.8, 4) is 0 Å². The van der Waals surface area contributed by atoms with Crippen LogP contribution in [0.1, 0.15) is 44.6 Å². The molecule has 3 rings (SSSR count). The first kappa shape index (κ1) is 18.4. The third-order valence-corrected chi connectivity index (χ3v) is 6.92. The smallest absolute Gasteiger partial charge is 0.243 e. The van der Waals surface area contributed by atoms with Gasteiger partial charge in [-0.05, 0) is 69.0 Å². The van der Waals surface area contributed by atoms with Crippen molar-refractivity contribution in [3.63, 3.8) is 0 Å². The van der Waals surface area contributed by atoms with E-state index in [1.165, 1.54) is 0 Å². The zero-order valence-corrected chi connectivity index (χ0v) is 15.6. The molecule has 2 heterocycles. The van der Waals surface area contributed by atoms with Crippen LogP contribution in [0.2, 0.25) is 0 Å². The van der Waals surface area contributed by atoms with Gasteiger partial charge in [-0.25, -0.2) is 8.42 Å². The predicted molar refractivity (Wildman–Crippen MR) is 98.1 cm³/mol. The molecular weight excluding hydrogens is 338 g/mol. The number of anilines is 1. The van der Waals surface area contributed by atoms with E-state index in [-0.39, 0.29) is 11.9 Å². The van der Waals surface area contributed by atoms with Crippen LogP contribution < -0.4 is 10.6 Å². The van der Waals surface area contributed by atoms with E-state index in [9.17, 15) is 13.2 Å². The fraction of sp³-hybridized carbons (Fsp3) is 0.611. The highest BCUT2D eigenvalue weighted by Crippen LogP contribution is 2.28. The molecule has 25 heavy (non-hydrogen) atoms. The molecule has 0 atom stereocenters. The Morgan fingerprint density at radius 2 is 1.96 bits per heavy atom. The molecule has 2 N–H and O–H groups in total. The Morgan fingerprint density at radius 3 is 2.68 bits per heavy atom. The summed E-state index contributed by atoms with van der Waals surface area (Å²) in [5.74, 6) is -0.00308. The van der Waals surface area contributed by atoms with E-state index >= 15 is 0 Å². The maximum absolute atomic E-state index is 13.3. The molecule has 0 bridgehead atoms. The van der Waals surface area contributed by atoms with E-state index in [4.69, 9.17) is 0 Å². The van der Waals surface area contributed by atoms with Crippen molar-refractivity contribution in [1.82, 2.24) is 9.62 Å². The van der Waals surface area contributed by atoms with Gasteiger partial charge in [0.15, 0.2) is 0 Å². The van der Waals surface area contributed by atoms with Gasteiger partial charge in [0.05, 0.1) is 4.90 Å². The minimum atomic E-state index is -3.53. The molecule has 7 heteroatoms. The molecule has 138 valence electrons. The highest BCUT2D eigenvalue weighted by Gasteiger charge is 2.32. The SMILES string of the molecule is CCCN(C1CCNCC1)S(=O)(=O)c1ccc2c(c1)CCCC(=O)N2. The summed E-state index contributed by atoms with van der Waals surface area (Å²) >= 11 is 0. The number of hydrogen-bond acceptors (Lipinski definition) is 4. The Bertz CT molecular complexity index is 727. The lowest BCUT2D eigenvalue weighted by Crippen LogP contribution is -2.46. The van der Waals surface area contributed by atoms with E-state index in [1.807, 2.05) is 6.92 Å². The molecule has 0 spiro atoms. The van der Waals surface area contributed by atoms with E-state index < -0.39 is 10.0 Å². The van der Waals surface area contributed by atoms with Crippen molar-refractivity contribution in [2.45, 2.75) is 56.4 Å². The average molecular weight is 365 g/mol. The average Bonchev–Trinajstić information content (AvgIpc) is 2.80. The van der Waals surface area contributed by atoms with Crippen molar-refractivity contribution >= 4 is 21.6 Å². The minimum absolute atomic E-state index is 0.00308. The zero-order valence-electron chi connectivity index (χ0n) is 14.8.